The van der Waals surface area contributed by atoms with Crippen LogP contribution in [0.4, 0.5) is 13.2 Å². The van der Waals surface area contributed by atoms with Gasteiger partial charge in [0.15, 0.2) is 0 Å². The summed E-state index contributed by atoms with van der Waals surface area (Å²) in [7, 11) is 0. The van der Waals surface area contributed by atoms with Crippen LogP contribution >= 0.6 is 0 Å². The van der Waals surface area contributed by atoms with Gasteiger partial charge in [0.2, 0.25) is 0 Å². The number of hydrogen-bond acceptors (Lipinski definition) is 5. The topological polar surface area (TPSA) is 73.3 Å². The molecule has 3 saturated carbocycles. The molecule has 1 aromatic heterocycles. The van der Waals surface area contributed by atoms with E-state index in [4.69, 9.17) is 10.3 Å². The maximum Gasteiger partial charge on any atom is 0.573 e. The van der Waals surface area contributed by atoms with Crippen molar-refractivity contribution >= 4 is 0 Å². The standard InChI is InChI=1S/C22H26F3N3O2/c23-22(24,25)29-18-4-2-1-3-16(18)20-17(21(30-28-20)12-5-6-12)11-27-15-9-13-7-8-14(10-15)19(13)26/h1-4,12-15,19,27H,5-11,26H2/t13-,14+,15?,19?. The zero-order valence-electron chi connectivity index (χ0n) is 16.6. The molecule has 0 aliphatic heterocycles. The first-order valence-corrected chi connectivity index (χ1v) is 10.7. The Balaban J connectivity index is 1.40. The first kappa shape index (κ1) is 19.9. The molecular weight excluding hydrogens is 395 g/mol. The number of hydrogen-bond donors (Lipinski definition) is 2. The fourth-order valence-corrected chi connectivity index (χ4v) is 5.23. The number of para-hydroxylation sites is 1. The van der Waals surface area contributed by atoms with Gasteiger partial charge in [-0.15, -0.1) is 13.2 Å². The number of fused-ring (bicyclic) bond motifs is 2. The van der Waals surface area contributed by atoms with Gasteiger partial charge in [-0.3, -0.25) is 0 Å². The number of nitrogens with zero attached hydrogens (tertiary/aromatic N) is 1. The van der Waals surface area contributed by atoms with E-state index in [0.717, 1.165) is 37.0 Å². The van der Waals surface area contributed by atoms with Gasteiger partial charge < -0.3 is 20.3 Å². The molecule has 1 heterocycles. The Morgan fingerprint density at radius 3 is 2.47 bits per heavy atom. The second-order valence-corrected chi connectivity index (χ2v) is 8.92. The van der Waals surface area contributed by atoms with Gasteiger partial charge in [0.1, 0.15) is 17.2 Å². The van der Waals surface area contributed by atoms with E-state index in [1.165, 1.54) is 25.0 Å². The van der Waals surface area contributed by atoms with E-state index >= 15 is 0 Å². The molecule has 0 radical (unpaired) electrons. The molecule has 0 amide bonds. The number of benzene rings is 1. The van der Waals surface area contributed by atoms with Gasteiger partial charge in [-0.1, -0.05) is 17.3 Å². The number of nitrogens with two attached hydrogens (primary N) is 1. The first-order chi connectivity index (χ1) is 14.4. The Morgan fingerprint density at radius 1 is 1.10 bits per heavy atom. The second kappa shape index (κ2) is 7.57. The van der Waals surface area contributed by atoms with Crippen molar-refractivity contribution in [3.05, 3.63) is 35.6 Å². The van der Waals surface area contributed by atoms with Crippen LogP contribution in [-0.2, 0) is 6.54 Å². The van der Waals surface area contributed by atoms with E-state index in [1.807, 2.05) is 0 Å². The van der Waals surface area contributed by atoms with E-state index in [1.54, 1.807) is 12.1 Å². The summed E-state index contributed by atoms with van der Waals surface area (Å²) in [5, 5.41) is 7.80. The molecule has 0 spiro atoms. The quantitative estimate of drug-likeness (QED) is 0.706. The maximum absolute atomic E-state index is 12.9. The smallest absolute Gasteiger partial charge is 0.405 e. The Kier molecular flexibility index (Phi) is 5.01. The highest BCUT2D eigenvalue weighted by molar-refractivity contribution is 5.70. The van der Waals surface area contributed by atoms with Crippen molar-refractivity contribution < 1.29 is 22.4 Å². The Hall–Kier alpha value is -2.06. The normalized spacial score (nSPS) is 28.7. The number of aromatic nitrogens is 1. The molecule has 30 heavy (non-hydrogen) atoms. The zero-order valence-corrected chi connectivity index (χ0v) is 16.6. The molecule has 3 fully saturated rings. The summed E-state index contributed by atoms with van der Waals surface area (Å²) in [6.07, 6.45) is 1.75. The van der Waals surface area contributed by atoms with Gasteiger partial charge in [-0.05, 0) is 62.5 Å². The third kappa shape index (κ3) is 3.95. The SMILES string of the molecule is NC1[C@@H]2CC[C@H]1CC(NCc1c(-c3ccccc3OC(F)(F)F)noc1C1CC1)C2. The van der Waals surface area contributed by atoms with Crippen molar-refractivity contribution in [3.63, 3.8) is 0 Å². The molecule has 5 nitrogen and oxygen atoms in total. The molecule has 5 rings (SSSR count). The summed E-state index contributed by atoms with van der Waals surface area (Å²) in [4.78, 5) is 0. The lowest BCUT2D eigenvalue weighted by Gasteiger charge is -2.33. The lowest BCUT2D eigenvalue weighted by atomic mass is 9.81. The molecule has 2 unspecified atom stereocenters. The minimum Gasteiger partial charge on any atom is -0.405 e. The third-order valence-electron chi connectivity index (χ3n) is 6.87. The molecule has 3 aliphatic rings. The summed E-state index contributed by atoms with van der Waals surface area (Å²) in [6.45, 7) is 0.518. The van der Waals surface area contributed by atoms with E-state index in [2.05, 4.69) is 15.2 Å². The van der Waals surface area contributed by atoms with Crippen LogP contribution < -0.4 is 15.8 Å². The van der Waals surface area contributed by atoms with Gasteiger partial charge in [0, 0.05) is 35.7 Å². The highest BCUT2D eigenvalue weighted by Gasteiger charge is 2.41. The highest BCUT2D eigenvalue weighted by Crippen LogP contribution is 2.46. The molecule has 3 aliphatic carbocycles. The number of halogens is 3. The van der Waals surface area contributed by atoms with Gasteiger partial charge in [-0.2, -0.15) is 0 Å². The van der Waals surface area contributed by atoms with E-state index < -0.39 is 6.36 Å². The zero-order chi connectivity index (χ0) is 20.9. The molecule has 1 aromatic carbocycles. The summed E-state index contributed by atoms with van der Waals surface area (Å²) in [6, 6.07) is 6.78. The predicted molar refractivity (Wildman–Crippen MR) is 105 cm³/mol. The predicted octanol–water partition coefficient (Wildman–Crippen LogP) is 4.72. The Bertz CT molecular complexity index is 895. The van der Waals surface area contributed by atoms with Crippen LogP contribution in [-0.4, -0.2) is 23.6 Å². The number of rotatable bonds is 6. The van der Waals surface area contributed by atoms with Crippen molar-refractivity contribution in [2.45, 2.75) is 69.4 Å². The lowest BCUT2D eigenvalue weighted by Crippen LogP contribution is -2.44. The van der Waals surface area contributed by atoms with Crippen molar-refractivity contribution in [3.8, 4) is 17.0 Å². The van der Waals surface area contributed by atoms with Crippen LogP contribution in [0.2, 0.25) is 0 Å². The third-order valence-corrected chi connectivity index (χ3v) is 6.87. The average Bonchev–Trinajstić information content (AvgIpc) is 3.42. The van der Waals surface area contributed by atoms with Crippen LogP contribution in [0.5, 0.6) is 5.75 Å². The maximum atomic E-state index is 12.9. The van der Waals surface area contributed by atoms with Crippen molar-refractivity contribution in [2.75, 3.05) is 0 Å². The van der Waals surface area contributed by atoms with E-state index in [9.17, 15) is 13.2 Å². The van der Waals surface area contributed by atoms with E-state index in [0.29, 0.717) is 47.6 Å². The average molecular weight is 421 g/mol. The lowest BCUT2D eigenvalue weighted by molar-refractivity contribution is -0.274. The van der Waals surface area contributed by atoms with Crippen LogP contribution in [0.25, 0.3) is 11.3 Å². The summed E-state index contributed by atoms with van der Waals surface area (Å²) < 4.78 is 48.6. The molecule has 2 bridgehead atoms. The van der Waals surface area contributed by atoms with Gasteiger partial charge in [-0.25, -0.2) is 0 Å². The second-order valence-electron chi connectivity index (χ2n) is 8.92. The first-order valence-electron chi connectivity index (χ1n) is 10.7. The molecule has 8 heteroatoms. The largest absolute Gasteiger partial charge is 0.573 e. The van der Waals surface area contributed by atoms with Gasteiger partial charge in [0.25, 0.3) is 0 Å². The fraction of sp³-hybridized carbons (Fsp3) is 0.591. The Morgan fingerprint density at radius 2 is 1.80 bits per heavy atom. The van der Waals surface area contributed by atoms with Crippen LogP contribution in [0.1, 0.15) is 55.8 Å². The van der Waals surface area contributed by atoms with Gasteiger partial charge in [0.05, 0.1) is 0 Å². The van der Waals surface area contributed by atoms with Crippen molar-refractivity contribution in [2.24, 2.45) is 17.6 Å². The Labute approximate surface area is 173 Å². The number of nitrogens with one attached hydrogen (secondary N) is 1. The molecule has 3 N–H and O–H groups in total. The van der Waals surface area contributed by atoms with E-state index in [-0.39, 0.29) is 5.75 Å². The van der Waals surface area contributed by atoms with Crippen molar-refractivity contribution in [1.29, 1.82) is 0 Å². The number of ether oxygens (including phenoxy) is 1. The minimum absolute atomic E-state index is 0.261. The molecule has 4 atom stereocenters. The van der Waals surface area contributed by atoms with Crippen molar-refractivity contribution in [1.82, 2.24) is 10.5 Å². The molecular formula is C22H26F3N3O2. The molecule has 0 saturated heterocycles. The number of alkyl halides is 3. The monoisotopic (exact) mass is 421 g/mol. The summed E-state index contributed by atoms with van der Waals surface area (Å²) in [5.41, 5.74) is 7.89. The summed E-state index contributed by atoms with van der Waals surface area (Å²) in [5.74, 6) is 1.95. The molecule has 2 aromatic rings. The highest BCUT2D eigenvalue weighted by atomic mass is 19.4. The van der Waals surface area contributed by atoms with Crippen LogP contribution in [0.15, 0.2) is 28.8 Å². The molecule has 162 valence electrons. The van der Waals surface area contributed by atoms with Crippen LogP contribution in [0.3, 0.4) is 0 Å². The van der Waals surface area contributed by atoms with Gasteiger partial charge >= 0.3 is 6.36 Å². The fourth-order valence-electron chi connectivity index (χ4n) is 5.23. The minimum atomic E-state index is -4.77. The van der Waals surface area contributed by atoms with Crippen LogP contribution in [0, 0.1) is 11.8 Å². The summed E-state index contributed by atoms with van der Waals surface area (Å²) >= 11 is 0.